The van der Waals surface area contributed by atoms with E-state index in [1.165, 1.54) is 0 Å². The number of aromatic nitrogens is 2. The van der Waals surface area contributed by atoms with Gasteiger partial charge in [0.05, 0.1) is 17.6 Å². The van der Waals surface area contributed by atoms with Gasteiger partial charge >= 0.3 is 0 Å². The fraction of sp³-hybridized carbons (Fsp3) is 0.167. The third-order valence-corrected chi connectivity index (χ3v) is 3.02. The molecule has 0 bridgehead atoms. The van der Waals surface area contributed by atoms with E-state index in [0.29, 0.717) is 28.0 Å². The standard InChI is InChI=1S/C12H11Cl2N3/c1-7-11(15)6-16-12(17-7)4-8-2-3-9(13)5-10(8)14/h2-3,5-6H,4,15H2,1H3. The zero-order valence-corrected chi connectivity index (χ0v) is 10.8. The van der Waals surface area contributed by atoms with E-state index < -0.39 is 0 Å². The second kappa shape index (κ2) is 4.90. The Balaban J connectivity index is 2.28. The van der Waals surface area contributed by atoms with Gasteiger partial charge in [0.1, 0.15) is 5.82 Å². The highest BCUT2D eigenvalue weighted by molar-refractivity contribution is 6.35. The summed E-state index contributed by atoms with van der Waals surface area (Å²) < 4.78 is 0. The van der Waals surface area contributed by atoms with Gasteiger partial charge in [0.15, 0.2) is 0 Å². The first-order valence-corrected chi connectivity index (χ1v) is 5.84. The normalized spacial score (nSPS) is 10.5. The Labute approximate surface area is 110 Å². The Bertz CT molecular complexity index is 555. The van der Waals surface area contributed by atoms with E-state index in [0.717, 1.165) is 11.3 Å². The predicted molar refractivity (Wildman–Crippen MR) is 70.4 cm³/mol. The van der Waals surface area contributed by atoms with Crippen LogP contribution < -0.4 is 5.73 Å². The molecule has 2 rings (SSSR count). The van der Waals surface area contributed by atoms with Crippen molar-refractivity contribution < 1.29 is 0 Å². The van der Waals surface area contributed by atoms with Crippen molar-refractivity contribution in [2.24, 2.45) is 0 Å². The molecule has 0 unspecified atom stereocenters. The Morgan fingerprint density at radius 3 is 2.71 bits per heavy atom. The summed E-state index contributed by atoms with van der Waals surface area (Å²) in [7, 11) is 0. The maximum Gasteiger partial charge on any atom is 0.133 e. The number of hydrogen-bond donors (Lipinski definition) is 1. The minimum absolute atomic E-state index is 0.567. The lowest BCUT2D eigenvalue weighted by atomic mass is 10.1. The van der Waals surface area contributed by atoms with Gasteiger partial charge in [0.2, 0.25) is 0 Å². The first-order valence-electron chi connectivity index (χ1n) is 5.08. The van der Waals surface area contributed by atoms with Crippen LogP contribution in [0.2, 0.25) is 10.0 Å². The van der Waals surface area contributed by atoms with Gasteiger partial charge in [-0.05, 0) is 24.6 Å². The Morgan fingerprint density at radius 2 is 2.06 bits per heavy atom. The molecule has 1 heterocycles. The van der Waals surface area contributed by atoms with Crippen molar-refractivity contribution in [1.29, 1.82) is 0 Å². The van der Waals surface area contributed by atoms with Gasteiger partial charge in [-0.3, -0.25) is 0 Å². The zero-order chi connectivity index (χ0) is 12.4. The molecule has 0 atom stereocenters. The van der Waals surface area contributed by atoms with E-state index in [4.69, 9.17) is 28.9 Å². The summed E-state index contributed by atoms with van der Waals surface area (Å²) in [6.45, 7) is 1.85. The lowest BCUT2D eigenvalue weighted by Gasteiger charge is -2.05. The number of nitrogen functional groups attached to an aromatic ring is 1. The maximum absolute atomic E-state index is 6.09. The van der Waals surface area contributed by atoms with Crippen molar-refractivity contribution in [3.8, 4) is 0 Å². The van der Waals surface area contributed by atoms with Crippen molar-refractivity contribution in [3.63, 3.8) is 0 Å². The summed E-state index contributed by atoms with van der Waals surface area (Å²) in [5.41, 5.74) is 7.98. The molecule has 5 heteroatoms. The smallest absolute Gasteiger partial charge is 0.133 e. The van der Waals surface area contributed by atoms with E-state index in [-0.39, 0.29) is 0 Å². The number of nitrogens with zero attached hydrogens (tertiary/aromatic N) is 2. The molecule has 2 N–H and O–H groups in total. The van der Waals surface area contributed by atoms with Gasteiger partial charge in [-0.1, -0.05) is 29.3 Å². The van der Waals surface area contributed by atoms with E-state index in [1.54, 1.807) is 18.3 Å². The molecule has 0 aliphatic heterocycles. The van der Waals surface area contributed by atoms with E-state index in [1.807, 2.05) is 13.0 Å². The maximum atomic E-state index is 6.09. The number of nitrogens with two attached hydrogens (primary N) is 1. The zero-order valence-electron chi connectivity index (χ0n) is 9.24. The average molecular weight is 268 g/mol. The second-order valence-corrected chi connectivity index (χ2v) is 4.58. The number of hydrogen-bond acceptors (Lipinski definition) is 3. The van der Waals surface area contributed by atoms with Crippen LogP contribution >= 0.6 is 23.2 Å². The Kier molecular flexibility index (Phi) is 3.50. The van der Waals surface area contributed by atoms with Crippen LogP contribution in [0.3, 0.4) is 0 Å². The van der Waals surface area contributed by atoms with Crippen LogP contribution in [0.15, 0.2) is 24.4 Å². The van der Waals surface area contributed by atoms with Crippen LogP contribution in [-0.4, -0.2) is 9.97 Å². The average Bonchev–Trinajstić information content (AvgIpc) is 2.27. The molecule has 1 aromatic heterocycles. The van der Waals surface area contributed by atoms with Gasteiger partial charge in [-0.15, -0.1) is 0 Å². The molecule has 0 radical (unpaired) electrons. The SMILES string of the molecule is Cc1nc(Cc2ccc(Cl)cc2Cl)ncc1N. The topological polar surface area (TPSA) is 51.8 Å². The molecule has 0 saturated heterocycles. The number of aryl methyl sites for hydroxylation is 1. The minimum atomic E-state index is 0.567. The van der Waals surface area contributed by atoms with E-state index in [9.17, 15) is 0 Å². The quantitative estimate of drug-likeness (QED) is 0.909. The summed E-state index contributed by atoms with van der Waals surface area (Å²) >= 11 is 11.9. The number of benzene rings is 1. The first kappa shape index (κ1) is 12.1. The van der Waals surface area contributed by atoms with Crippen molar-refractivity contribution in [2.45, 2.75) is 13.3 Å². The summed E-state index contributed by atoms with van der Waals surface area (Å²) in [5.74, 6) is 0.695. The highest BCUT2D eigenvalue weighted by atomic mass is 35.5. The molecule has 0 spiro atoms. The van der Waals surface area contributed by atoms with Gasteiger partial charge in [0.25, 0.3) is 0 Å². The van der Waals surface area contributed by atoms with Crippen molar-refractivity contribution >= 4 is 28.9 Å². The number of rotatable bonds is 2. The summed E-state index contributed by atoms with van der Waals surface area (Å²) in [5, 5.41) is 1.24. The van der Waals surface area contributed by atoms with E-state index in [2.05, 4.69) is 9.97 Å². The third-order valence-electron chi connectivity index (χ3n) is 2.43. The van der Waals surface area contributed by atoms with Crippen LogP contribution in [0, 0.1) is 6.92 Å². The molecule has 0 saturated carbocycles. The van der Waals surface area contributed by atoms with Gasteiger partial charge in [-0.25, -0.2) is 9.97 Å². The summed E-state index contributed by atoms with van der Waals surface area (Å²) in [4.78, 5) is 8.47. The molecule has 0 aliphatic carbocycles. The van der Waals surface area contributed by atoms with Gasteiger partial charge in [0, 0.05) is 16.5 Å². The minimum Gasteiger partial charge on any atom is -0.396 e. The summed E-state index contributed by atoms with van der Waals surface area (Å²) in [6, 6.07) is 5.38. The van der Waals surface area contributed by atoms with Crippen molar-refractivity contribution in [1.82, 2.24) is 9.97 Å². The predicted octanol–water partition coefficient (Wildman–Crippen LogP) is 3.26. The highest BCUT2D eigenvalue weighted by Gasteiger charge is 2.06. The van der Waals surface area contributed by atoms with Crippen LogP contribution in [0.5, 0.6) is 0 Å². The monoisotopic (exact) mass is 267 g/mol. The molecule has 88 valence electrons. The largest absolute Gasteiger partial charge is 0.396 e. The lowest BCUT2D eigenvalue weighted by Crippen LogP contribution is -2.02. The number of halogens is 2. The van der Waals surface area contributed by atoms with E-state index >= 15 is 0 Å². The molecule has 0 fully saturated rings. The van der Waals surface area contributed by atoms with Gasteiger partial charge in [-0.2, -0.15) is 0 Å². The Morgan fingerprint density at radius 1 is 1.29 bits per heavy atom. The fourth-order valence-corrected chi connectivity index (χ4v) is 1.92. The van der Waals surface area contributed by atoms with Crippen LogP contribution in [0.1, 0.15) is 17.1 Å². The highest BCUT2D eigenvalue weighted by Crippen LogP contribution is 2.22. The van der Waals surface area contributed by atoms with Crippen LogP contribution in [0.25, 0.3) is 0 Å². The Hall–Kier alpha value is -1.32. The molecule has 2 aromatic rings. The fourth-order valence-electron chi connectivity index (χ4n) is 1.45. The number of anilines is 1. The molecule has 0 aliphatic rings. The first-order chi connectivity index (χ1) is 8.06. The molecule has 17 heavy (non-hydrogen) atoms. The van der Waals surface area contributed by atoms with Crippen LogP contribution in [0.4, 0.5) is 5.69 Å². The molecule has 3 nitrogen and oxygen atoms in total. The van der Waals surface area contributed by atoms with Crippen molar-refractivity contribution in [2.75, 3.05) is 5.73 Å². The lowest BCUT2D eigenvalue weighted by molar-refractivity contribution is 0.946. The summed E-state index contributed by atoms with van der Waals surface area (Å²) in [6.07, 6.45) is 2.18. The van der Waals surface area contributed by atoms with Gasteiger partial charge < -0.3 is 5.73 Å². The molecular weight excluding hydrogens is 257 g/mol. The second-order valence-electron chi connectivity index (χ2n) is 3.74. The van der Waals surface area contributed by atoms with Crippen molar-refractivity contribution in [3.05, 3.63) is 51.5 Å². The van der Waals surface area contributed by atoms with Crippen LogP contribution in [-0.2, 0) is 6.42 Å². The molecular formula is C12H11Cl2N3. The molecule has 1 aromatic carbocycles. The molecule has 0 amide bonds. The third kappa shape index (κ3) is 2.87.